The second-order valence-electron chi connectivity index (χ2n) is 7.94. The number of sulfonamides is 1. The first kappa shape index (κ1) is 21.9. The molecule has 2 aromatic carbocycles. The summed E-state index contributed by atoms with van der Waals surface area (Å²) < 4.78 is 30.3. The lowest BCUT2D eigenvalue weighted by Crippen LogP contribution is -2.33. The van der Waals surface area contributed by atoms with Crippen LogP contribution in [0.2, 0.25) is 10.0 Å². The summed E-state index contributed by atoms with van der Waals surface area (Å²) in [5.41, 5.74) is 5.04. The highest BCUT2D eigenvalue weighted by Crippen LogP contribution is 2.38. The molecule has 0 bridgehead atoms. The van der Waals surface area contributed by atoms with Crippen molar-refractivity contribution in [2.45, 2.75) is 25.2 Å². The number of hydrogen-bond acceptors (Lipinski definition) is 4. The van der Waals surface area contributed by atoms with Crippen molar-refractivity contribution >= 4 is 39.0 Å². The molecule has 0 saturated carbocycles. The highest BCUT2D eigenvalue weighted by Gasteiger charge is 2.33. The molecule has 0 atom stereocenters. The summed E-state index contributed by atoms with van der Waals surface area (Å²) in [6, 6.07) is 15.9. The molecule has 9 heteroatoms. The minimum absolute atomic E-state index is 0.238. The lowest BCUT2D eigenvalue weighted by molar-refractivity contribution is 0.590. The molecule has 0 unspecified atom stereocenters. The van der Waals surface area contributed by atoms with Gasteiger partial charge in [-0.15, -0.1) is 0 Å². The van der Waals surface area contributed by atoms with Crippen LogP contribution >= 0.6 is 23.2 Å². The van der Waals surface area contributed by atoms with Gasteiger partial charge >= 0.3 is 0 Å². The fourth-order valence-electron chi connectivity index (χ4n) is 4.09. The fourth-order valence-corrected chi connectivity index (χ4v) is 5.82. The summed E-state index contributed by atoms with van der Waals surface area (Å²) in [4.78, 5) is 4.70. The normalized spacial score (nSPS) is 13.4. The maximum Gasteiger partial charge on any atom is 0.265 e. The molecule has 33 heavy (non-hydrogen) atoms. The minimum Gasteiger partial charge on any atom is -0.249 e. The Labute approximate surface area is 202 Å². The van der Waals surface area contributed by atoms with Crippen LogP contribution in [0, 0.1) is 13.8 Å². The summed E-state index contributed by atoms with van der Waals surface area (Å²) in [7, 11) is -3.79. The van der Waals surface area contributed by atoms with Gasteiger partial charge < -0.3 is 0 Å². The van der Waals surface area contributed by atoms with Crippen LogP contribution in [0.25, 0.3) is 16.9 Å². The average molecular weight is 499 g/mol. The van der Waals surface area contributed by atoms with Gasteiger partial charge in [0.25, 0.3) is 10.0 Å². The molecule has 0 spiro atoms. The highest BCUT2D eigenvalue weighted by atomic mass is 35.5. The van der Waals surface area contributed by atoms with Crippen LogP contribution in [0.3, 0.4) is 0 Å². The van der Waals surface area contributed by atoms with Crippen LogP contribution in [0.4, 0.5) is 5.82 Å². The van der Waals surface area contributed by atoms with E-state index in [0.717, 1.165) is 22.5 Å². The molecule has 3 heterocycles. The number of nitrogens with zero attached hydrogens (tertiary/aromatic N) is 4. The van der Waals surface area contributed by atoms with E-state index in [9.17, 15) is 8.42 Å². The Bertz CT molecular complexity index is 1480. The number of fused-ring (bicyclic) bond motifs is 3. The molecule has 0 saturated heterocycles. The Morgan fingerprint density at radius 3 is 2.45 bits per heavy atom. The molecule has 0 amide bonds. The standard InChI is InChI=1S/C24H20Cl2N4O2S/c1-15-5-8-18(9-6-15)33(31,32)29-13-11-19-16(2)30(17-7-10-21(25)22(26)14-17)28-23(19)20-4-3-12-27-24(20)29/h3-10,12,14H,11,13H2,1-2H3. The number of rotatable bonds is 3. The molecule has 168 valence electrons. The van der Waals surface area contributed by atoms with Gasteiger partial charge in [-0.05, 0) is 62.7 Å². The summed E-state index contributed by atoms with van der Waals surface area (Å²) in [5.74, 6) is 0.371. The SMILES string of the molecule is Cc1ccc(S(=O)(=O)N2CCc3c(nn(-c4ccc(Cl)c(Cl)c4)c3C)-c3cccnc32)cc1. The number of halogens is 2. The van der Waals surface area contributed by atoms with Crippen LogP contribution in [-0.2, 0) is 16.4 Å². The number of benzene rings is 2. The van der Waals surface area contributed by atoms with Crippen molar-refractivity contribution in [2.75, 3.05) is 10.8 Å². The number of pyridine rings is 1. The van der Waals surface area contributed by atoms with Gasteiger partial charge in [0, 0.05) is 29.6 Å². The Kier molecular flexibility index (Phi) is 5.43. The molecule has 2 aromatic heterocycles. The smallest absolute Gasteiger partial charge is 0.249 e. The third kappa shape index (κ3) is 3.70. The summed E-state index contributed by atoms with van der Waals surface area (Å²) >= 11 is 12.3. The van der Waals surface area contributed by atoms with Crippen molar-refractivity contribution in [3.63, 3.8) is 0 Å². The predicted octanol–water partition coefficient (Wildman–Crippen LogP) is 5.61. The van der Waals surface area contributed by atoms with Crippen molar-refractivity contribution in [3.05, 3.63) is 87.7 Å². The Hall–Kier alpha value is -2.87. The first-order valence-corrected chi connectivity index (χ1v) is 12.6. The van der Waals surface area contributed by atoms with E-state index in [1.54, 1.807) is 48.7 Å². The topological polar surface area (TPSA) is 68.1 Å². The number of aryl methyl sites for hydroxylation is 1. The van der Waals surface area contributed by atoms with Crippen molar-refractivity contribution in [2.24, 2.45) is 0 Å². The summed E-state index contributed by atoms with van der Waals surface area (Å²) in [5, 5.41) is 5.76. The third-order valence-electron chi connectivity index (χ3n) is 5.84. The third-order valence-corrected chi connectivity index (χ3v) is 8.38. The Morgan fingerprint density at radius 2 is 1.73 bits per heavy atom. The van der Waals surface area contributed by atoms with Gasteiger partial charge in [0.05, 0.1) is 20.6 Å². The Balaban J connectivity index is 1.65. The zero-order valence-electron chi connectivity index (χ0n) is 18.0. The average Bonchev–Trinajstić information content (AvgIpc) is 3.02. The molecular formula is C24H20Cl2N4O2S. The maximum absolute atomic E-state index is 13.6. The first-order chi connectivity index (χ1) is 15.8. The number of aromatic nitrogens is 3. The molecule has 0 aliphatic carbocycles. The largest absolute Gasteiger partial charge is 0.265 e. The van der Waals surface area contributed by atoms with Crippen molar-refractivity contribution in [1.29, 1.82) is 0 Å². The van der Waals surface area contributed by atoms with Crippen LogP contribution in [0.15, 0.2) is 65.7 Å². The lowest BCUT2D eigenvalue weighted by Gasteiger charge is -2.23. The van der Waals surface area contributed by atoms with E-state index < -0.39 is 10.0 Å². The molecule has 4 aromatic rings. The zero-order valence-corrected chi connectivity index (χ0v) is 20.3. The van der Waals surface area contributed by atoms with E-state index in [4.69, 9.17) is 28.3 Å². The molecule has 0 radical (unpaired) electrons. The molecule has 1 aliphatic rings. The van der Waals surface area contributed by atoms with Crippen LogP contribution in [-0.4, -0.2) is 29.7 Å². The lowest BCUT2D eigenvalue weighted by atomic mass is 10.1. The van der Waals surface area contributed by atoms with Gasteiger partial charge in [0.2, 0.25) is 0 Å². The number of anilines is 1. The second-order valence-corrected chi connectivity index (χ2v) is 10.6. The maximum atomic E-state index is 13.6. The van der Waals surface area contributed by atoms with E-state index in [1.165, 1.54) is 4.31 Å². The minimum atomic E-state index is -3.79. The monoisotopic (exact) mass is 498 g/mol. The molecule has 0 N–H and O–H groups in total. The molecule has 6 nitrogen and oxygen atoms in total. The van der Waals surface area contributed by atoms with Crippen LogP contribution < -0.4 is 4.31 Å². The van der Waals surface area contributed by atoms with Gasteiger partial charge in [-0.1, -0.05) is 40.9 Å². The van der Waals surface area contributed by atoms with Crippen molar-refractivity contribution < 1.29 is 8.42 Å². The predicted molar refractivity (Wildman–Crippen MR) is 131 cm³/mol. The van der Waals surface area contributed by atoms with E-state index in [1.807, 2.05) is 30.7 Å². The van der Waals surface area contributed by atoms with Gasteiger partial charge in [-0.25, -0.2) is 22.4 Å². The van der Waals surface area contributed by atoms with Crippen molar-refractivity contribution in [3.8, 4) is 16.9 Å². The van der Waals surface area contributed by atoms with Gasteiger partial charge in [0.15, 0.2) is 5.82 Å². The molecule has 0 fully saturated rings. The summed E-state index contributed by atoms with van der Waals surface area (Å²) in [6.07, 6.45) is 2.09. The zero-order chi connectivity index (χ0) is 23.3. The van der Waals surface area contributed by atoms with E-state index in [2.05, 4.69) is 4.98 Å². The number of hydrogen-bond donors (Lipinski definition) is 0. The molecular weight excluding hydrogens is 479 g/mol. The van der Waals surface area contributed by atoms with Crippen LogP contribution in [0.1, 0.15) is 16.8 Å². The second kappa shape index (κ2) is 8.17. The van der Waals surface area contributed by atoms with Crippen molar-refractivity contribution in [1.82, 2.24) is 14.8 Å². The first-order valence-electron chi connectivity index (χ1n) is 10.4. The fraction of sp³-hybridized carbons (Fsp3) is 0.167. The van der Waals surface area contributed by atoms with Crippen LogP contribution in [0.5, 0.6) is 0 Å². The van der Waals surface area contributed by atoms with E-state index in [-0.39, 0.29) is 11.4 Å². The van der Waals surface area contributed by atoms with E-state index >= 15 is 0 Å². The quantitative estimate of drug-likeness (QED) is 0.368. The van der Waals surface area contributed by atoms with Gasteiger partial charge in [0.1, 0.15) is 5.69 Å². The Morgan fingerprint density at radius 1 is 0.970 bits per heavy atom. The van der Waals surface area contributed by atoms with Gasteiger partial charge in [-0.3, -0.25) is 0 Å². The molecule has 1 aliphatic heterocycles. The van der Waals surface area contributed by atoms with Gasteiger partial charge in [-0.2, -0.15) is 5.10 Å². The van der Waals surface area contributed by atoms with E-state index in [0.29, 0.717) is 33.5 Å². The molecule has 5 rings (SSSR count). The highest BCUT2D eigenvalue weighted by molar-refractivity contribution is 7.92. The summed E-state index contributed by atoms with van der Waals surface area (Å²) in [6.45, 7) is 4.14.